The molecule has 0 unspecified atom stereocenters. The average molecular weight is 608 g/mol. The van der Waals surface area contributed by atoms with E-state index in [4.69, 9.17) is 9.15 Å². The Morgan fingerprint density at radius 2 is 1.66 bits per heavy atom. The summed E-state index contributed by atoms with van der Waals surface area (Å²) in [6.07, 6.45) is -1.87. The number of fused-ring (bicyclic) bond motifs is 1. The van der Waals surface area contributed by atoms with E-state index in [0.717, 1.165) is 35.7 Å². The van der Waals surface area contributed by atoms with E-state index >= 15 is 0 Å². The number of halogens is 3. The van der Waals surface area contributed by atoms with Gasteiger partial charge in [0.2, 0.25) is 5.95 Å². The van der Waals surface area contributed by atoms with Crippen molar-refractivity contribution in [1.82, 2.24) is 19.7 Å². The number of ether oxygens (including phenoxy) is 1. The maximum absolute atomic E-state index is 12.7. The molecule has 0 spiro atoms. The Morgan fingerprint density at radius 3 is 2.36 bits per heavy atom. The molecule has 1 fully saturated rings. The molecular formula is C29H24F3N7O5. The number of benzene rings is 2. The Kier molecular flexibility index (Phi) is 7.61. The van der Waals surface area contributed by atoms with Crippen LogP contribution >= 0.6 is 0 Å². The highest BCUT2D eigenvalue weighted by atomic mass is 19.4. The number of hydrogen-bond donors (Lipinski definition) is 2. The zero-order valence-corrected chi connectivity index (χ0v) is 23.1. The molecule has 4 heterocycles. The summed E-state index contributed by atoms with van der Waals surface area (Å²) in [5.41, 5.74) is 3.42. The molecule has 2 N–H and O–H groups in total. The third kappa shape index (κ3) is 6.17. The number of nitrogens with one attached hydrogen (secondary N) is 2. The quantitative estimate of drug-likeness (QED) is 0.269. The molecule has 44 heavy (non-hydrogen) atoms. The van der Waals surface area contributed by atoms with Gasteiger partial charge in [-0.1, -0.05) is 16.9 Å². The predicted molar refractivity (Wildman–Crippen MR) is 154 cm³/mol. The first-order valence-electron chi connectivity index (χ1n) is 13.4. The number of aryl methyl sites for hydroxylation is 1. The van der Waals surface area contributed by atoms with Gasteiger partial charge in [-0.05, 0) is 55.0 Å². The van der Waals surface area contributed by atoms with Crippen LogP contribution in [-0.4, -0.2) is 58.1 Å². The lowest BCUT2D eigenvalue weighted by atomic mass is 10.1. The van der Waals surface area contributed by atoms with Crippen molar-refractivity contribution in [2.45, 2.75) is 13.1 Å². The topological polar surface area (TPSA) is 137 Å². The second kappa shape index (κ2) is 11.7. The van der Waals surface area contributed by atoms with Gasteiger partial charge in [-0.2, -0.15) is 18.2 Å². The average Bonchev–Trinajstić information content (AvgIpc) is 3.33. The normalized spacial score (nSPS) is 13.6. The van der Waals surface area contributed by atoms with E-state index < -0.39 is 17.9 Å². The molecule has 5 aromatic rings. The summed E-state index contributed by atoms with van der Waals surface area (Å²) in [5.74, 6) is -2.27. The van der Waals surface area contributed by atoms with Gasteiger partial charge in [-0.15, -0.1) is 0 Å². The molecule has 0 bridgehead atoms. The van der Waals surface area contributed by atoms with Gasteiger partial charge in [0, 0.05) is 48.0 Å². The number of pyridine rings is 1. The van der Waals surface area contributed by atoms with Gasteiger partial charge in [0.05, 0.1) is 13.2 Å². The molecule has 226 valence electrons. The van der Waals surface area contributed by atoms with Gasteiger partial charge in [-0.3, -0.25) is 0 Å². The van der Waals surface area contributed by atoms with E-state index in [1.165, 1.54) is 18.2 Å². The number of morpholine rings is 1. The van der Waals surface area contributed by atoms with Crippen LogP contribution < -0.4 is 26.1 Å². The van der Waals surface area contributed by atoms with Crippen molar-refractivity contribution in [2.75, 3.05) is 41.8 Å². The number of carbonyl (C=O) groups is 1. The molecular weight excluding hydrogens is 583 g/mol. The SMILES string of the molecule is Cc1cnc(Nc2ccc(-c3ccc(N4CCOCC4)nc3)cc2)nc1Nc1ccc2oc(=O)n(OC(=O)C(F)(F)F)c2c1. The number of alkyl halides is 3. The minimum Gasteiger partial charge on any atom is -0.405 e. The molecule has 6 rings (SSSR count). The zero-order chi connectivity index (χ0) is 30.8. The first-order valence-corrected chi connectivity index (χ1v) is 13.4. The van der Waals surface area contributed by atoms with Crippen LogP contribution in [0.1, 0.15) is 5.56 Å². The van der Waals surface area contributed by atoms with Crippen LogP contribution in [0.3, 0.4) is 0 Å². The fourth-order valence-electron chi connectivity index (χ4n) is 4.47. The number of carbonyl (C=O) groups excluding carboxylic acids is 1. The molecule has 0 radical (unpaired) electrons. The summed E-state index contributed by atoms with van der Waals surface area (Å²) >= 11 is 0. The van der Waals surface area contributed by atoms with Crippen molar-refractivity contribution in [3.63, 3.8) is 0 Å². The van der Waals surface area contributed by atoms with E-state index in [0.29, 0.717) is 30.3 Å². The number of nitrogens with zero attached hydrogens (tertiary/aromatic N) is 5. The Bertz CT molecular complexity index is 1870. The van der Waals surface area contributed by atoms with Crippen LogP contribution in [0.5, 0.6) is 0 Å². The third-order valence-corrected chi connectivity index (χ3v) is 6.74. The summed E-state index contributed by atoms with van der Waals surface area (Å²) in [6, 6.07) is 15.9. The molecule has 15 heteroatoms. The van der Waals surface area contributed by atoms with Crippen molar-refractivity contribution in [1.29, 1.82) is 0 Å². The molecule has 1 saturated heterocycles. The lowest BCUT2D eigenvalue weighted by molar-refractivity contribution is -0.200. The fraction of sp³-hybridized carbons (Fsp3) is 0.207. The number of aromatic nitrogens is 4. The highest BCUT2D eigenvalue weighted by Crippen LogP contribution is 2.27. The van der Waals surface area contributed by atoms with Gasteiger partial charge in [0.15, 0.2) is 5.58 Å². The van der Waals surface area contributed by atoms with E-state index in [9.17, 15) is 22.8 Å². The molecule has 0 aliphatic carbocycles. The third-order valence-electron chi connectivity index (χ3n) is 6.74. The van der Waals surface area contributed by atoms with E-state index in [2.05, 4.69) is 35.3 Å². The first kappa shape index (κ1) is 28.7. The Labute approximate surface area is 247 Å². The smallest absolute Gasteiger partial charge is 0.405 e. The Hall–Kier alpha value is -5.44. The fourth-order valence-corrected chi connectivity index (χ4v) is 4.47. The lowest BCUT2D eigenvalue weighted by Gasteiger charge is -2.27. The van der Waals surface area contributed by atoms with E-state index in [-0.39, 0.29) is 21.8 Å². The maximum atomic E-state index is 12.7. The minimum atomic E-state index is -5.30. The second-order valence-corrected chi connectivity index (χ2v) is 9.78. The van der Waals surface area contributed by atoms with Crippen molar-refractivity contribution < 1.29 is 32.0 Å². The summed E-state index contributed by atoms with van der Waals surface area (Å²) in [7, 11) is 0. The van der Waals surface area contributed by atoms with Gasteiger partial charge in [0.25, 0.3) is 0 Å². The second-order valence-electron chi connectivity index (χ2n) is 9.78. The molecule has 1 aliphatic heterocycles. The summed E-state index contributed by atoms with van der Waals surface area (Å²) in [4.78, 5) is 43.1. The van der Waals surface area contributed by atoms with Crippen molar-refractivity contribution in [3.05, 3.63) is 83.1 Å². The van der Waals surface area contributed by atoms with Crippen LogP contribution in [0.15, 0.2) is 76.2 Å². The van der Waals surface area contributed by atoms with Crippen LogP contribution in [0.2, 0.25) is 0 Å². The number of hydrogen-bond acceptors (Lipinski definition) is 11. The number of anilines is 5. The van der Waals surface area contributed by atoms with Crippen LogP contribution in [0, 0.1) is 6.92 Å². The van der Waals surface area contributed by atoms with Gasteiger partial charge < -0.3 is 29.5 Å². The molecule has 0 amide bonds. The minimum absolute atomic E-state index is 0.0791. The van der Waals surface area contributed by atoms with E-state index in [1.54, 1.807) is 13.1 Å². The molecule has 12 nitrogen and oxygen atoms in total. The van der Waals surface area contributed by atoms with Crippen LogP contribution in [0.4, 0.5) is 42.1 Å². The summed E-state index contributed by atoms with van der Waals surface area (Å²) in [6.45, 7) is 4.77. The van der Waals surface area contributed by atoms with Crippen LogP contribution in [-0.2, 0) is 9.53 Å². The summed E-state index contributed by atoms with van der Waals surface area (Å²) in [5, 5.41) is 6.19. The van der Waals surface area contributed by atoms with Gasteiger partial charge >= 0.3 is 17.9 Å². The van der Waals surface area contributed by atoms with Crippen LogP contribution in [0.25, 0.3) is 22.2 Å². The van der Waals surface area contributed by atoms with Crippen molar-refractivity contribution in [2.24, 2.45) is 0 Å². The molecule has 1 aliphatic rings. The maximum Gasteiger partial charge on any atom is 0.493 e. The Morgan fingerprint density at radius 1 is 0.932 bits per heavy atom. The van der Waals surface area contributed by atoms with Crippen molar-refractivity contribution >= 4 is 46.0 Å². The summed E-state index contributed by atoms with van der Waals surface area (Å²) < 4.78 is 48.5. The lowest BCUT2D eigenvalue weighted by Crippen LogP contribution is -2.36. The van der Waals surface area contributed by atoms with Crippen molar-refractivity contribution in [3.8, 4) is 11.1 Å². The molecule has 2 aromatic carbocycles. The molecule has 0 atom stereocenters. The van der Waals surface area contributed by atoms with Gasteiger partial charge in [-0.25, -0.2) is 19.6 Å². The number of rotatable bonds is 7. The first-order chi connectivity index (χ1) is 21.1. The van der Waals surface area contributed by atoms with Gasteiger partial charge in [0.1, 0.15) is 17.2 Å². The standard InChI is InChI=1S/C29H24F3N7O5/c1-17-15-34-27(36-20-5-2-18(3-6-20)19-4-9-24(33-16-19)38-10-12-42-13-11-38)37-25(17)35-21-7-8-23-22(14-21)39(28(41)43-23)44-26(40)29(30,31)32/h2-9,14-16H,10-13H2,1H3,(H2,34,35,36,37). The molecule has 3 aromatic heterocycles. The zero-order valence-electron chi connectivity index (χ0n) is 23.1. The Balaban J connectivity index is 1.16. The van der Waals surface area contributed by atoms with E-state index in [1.807, 2.05) is 42.6 Å². The predicted octanol–water partition coefficient (Wildman–Crippen LogP) is 4.60. The number of oxazole rings is 1. The highest BCUT2D eigenvalue weighted by molar-refractivity contribution is 5.81. The molecule has 0 saturated carbocycles. The highest BCUT2D eigenvalue weighted by Gasteiger charge is 2.42. The monoisotopic (exact) mass is 607 g/mol. The largest absolute Gasteiger partial charge is 0.493 e.